The minimum atomic E-state index is -4.38. The van der Waals surface area contributed by atoms with Gasteiger partial charge < -0.3 is 10.2 Å². The van der Waals surface area contributed by atoms with Crippen LogP contribution in [0.1, 0.15) is 12.5 Å². The van der Waals surface area contributed by atoms with Gasteiger partial charge in [-0.1, -0.05) is 6.92 Å². The highest BCUT2D eigenvalue weighted by molar-refractivity contribution is 5.97. The Bertz CT molecular complexity index is 485. The van der Waals surface area contributed by atoms with E-state index in [0.29, 0.717) is 17.9 Å². The van der Waals surface area contributed by atoms with Crippen LogP contribution in [0.15, 0.2) is 18.2 Å². The molecule has 1 heterocycles. The predicted molar refractivity (Wildman–Crippen MR) is 62.5 cm³/mol. The molecule has 1 amide bonds. The van der Waals surface area contributed by atoms with Gasteiger partial charge in [-0.2, -0.15) is 13.2 Å². The normalized spacial score (nSPS) is 20.2. The van der Waals surface area contributed by atoms with E-state index in [1.54, 1.807) is 18.9 Å². The number of hydrogen-bond donors (Lipinski definition) is 1. The molecule has 1 atom stereocenters. The van der Waals surface area contributed by atoms with E-state index in [1.807, 2.05) is 0 Å². The van der Waals surface area contributed by atoms with Crippen LogP contribution in [-0.2, 0) is 11.0 Å². The molecule has 0 saturated heterocycles. The molecule has 98 valence electrons. The maximum absolute atomic E-state index is 12.6. The zero-order chi connectivity index (χ0) is 13.5. The molecule has 1 aromatic carbocycles. The number of benzene rings is 1. The maximum Gasteiger partial charge on any atom is 0.416 e. The molecule has 0 fully saturated rings. The number of hydrogen-bond acceptors (Lipinski definition) is 2. The van der Waals surface area contributed by atoms with Gasteiger partial charge in [0.25, 0.3) is 0 Å². The van der Waals surface area contributed by atoms with Crippen molar-refractivity contribution >= 4 is 17.3 Å². The van der Waals surface area contributed by atoms with Gasteiger partial charge in [0, 0.05) is 13.6 Å². The first-order chi connectivity index (χ1) is 8.29. The van der Waals surface area contributed by atoms with Crippen molar-refractivity contribution in [1.29, 1.82) is 0 Å². The van der Waals surface area contributed by atoms with Crippen LogP contribution in [0.2, 0.25) is 0 Å². The number of nitrogens with one attached hydrogen (secondary N) is 1. The molecule has 0 radical (unpaired) electrons. The number of rotatable bonds is 0. The van der Waals surface area contributed by atoms with E-state index >= 15 is 0 Å². The van der Waals surface area contributed by atoms with Gasteiger partial charge in [-0.25, -0.2) is 0 Å². The van der Waals surface area contributed by atoms with Crippen molar-refractivity contribution in [3.05, 3.63) is 23.8 Å². The lowest BCUT2D eigenvalue weighted by molar-refractivity contribution is -0.137. The molecule has 1 N–H and O–H groups in total. The number of fused-ring (bicyclic) bond motifs is 1. The molecule has 0 saturated carbocycles. The molecular weight excluding hydrogens is 245 g/mol. The summed E-state index contributed by atoms with van der Waals surface area (Å²) in [6, 6.07) is 3.33. The number of carbonyl (C=O) groups is 1. The van der Waals surface area contributed by atoms with Gasteiger partial charge in [-0.3, -0.25) is 4.79 Å². The summed E-state index contributed by atoms with van der Waals surface area (Å²) in [6.45, 7) is 2.13. The van der Waals surface area contributed by atoms with Crippen LogP contribution in [0.5, 0.6) is 0 Å². The summed E-state index contributed by atoms with van der Waals surface area (Å²) in [4.78, 5) is 13.3. The van der Waals surface area contributed by atoms with Gasteiger partial charge in [-0.15, -0.1) is 0 Å². The van der Waals surface area contributed by atoms with Crippen molar-refractivity contribution in [2.45, 2.75) is 13.1 Å². The van der Waals surface area contributed by atoms with Crippen molar-refractivity contribution in [2.75, 3.05) is 23.8 Å². The first kappa shape index (κ1) is 12.7. The number of nitrogens with zero attached hydrogens (tertiary/aromatic N) is 1. The van der Waals surface area contributed by atoms with Crippen molar-refractivity contribution in [3.63, 3.8) is 0 Å². The summed E-state index contributed by atoms with van der Waals surface area (Å²) in [5.74, 6) is -0.447. The molecule has 1 aromatic rings. The van der Waals surface area contributed by atoms with E-state index in [9.17, 15) is 18.0 Å². The average molecular weight is 258 g/mol. The van der Waals surface area contributed by atoms with Crippen molar-refractivity contribution in [1.82, 2.24) is 0 Å². The van der Waals surface area contributed by atoms with E-state index in [1.165, 1.54) is 6.07 Å². The number of alkyl halides is 3. The van der Waals surface area contributed by atoms with E-state index in [4.69, 9.17) is 0 Å². The molecule has 0 bridgehead atoms. The summed E-state index contributed by atoms with van der Waals surface area (Å²) < 4.78 is 37.9. The van der Waals surface area contributed by atoms with E-state index in [-0.39, 0.29) is 11.8 Å². The lowest BCUT2D eigenvalue weighted by Gasteiger charge is -2.21. The second kappa shape index (κ2) is 4.19. The number of amides is 1. The summed E-state index contributed by atoms with van der Waals surface area (Å²) >= 11 is 0. The quantitative estimate of drug-likeness (QED) is 0.776. The first-order valence-electron chi connectivity index (χ1n) is 5.52. The standard InChI is InChI=1S/C12H13F3N2O/c1-7-6-17(2)10-5-8(12(13,14)15)3-4-9(10)16-11(7)18/h3-5,7H,6H2,1-2H3,(H,16,18). The van der Waals surface area contributed by atoms with E-state index in [2.05, 4.69) is 5.32 Å². The van der Waals surface area contributed by atoms with Crippen LogP contribution < -0.4 is 10.2 Å². The zero-order valence-corrected chi connectivity index (χ0v) is 10.0. The molecule has 1 aliphatic heterocycles. The van der Waals surface area contributed by atoms with Crippen LogP contribution in [0.4, 0.5) is 24.5 Å². The molecule has 0 aliphatic carbocycles. The molecule has 2 rings (SSSR count). The summed E-state index contributed by atoms with van der Waals surface area (Å²) in [6.07, 6.45) is -4.38. The largest absolute Gasteiger partial charge is 0.416 e. The Hall–Kier alpha value is -1.72. The predicted octanol–water partition coefficient (Wildman–Crippen LogP) is 2.73. The molecule has 0 spiro atoms. The molecule has 6 heteroatoms. The van der Waals surface area contributed by atoms with Crippen molar-refractivity contribution in [3.8, 4) is 0 Å². The summed E-state index contributed by atoms with van der Waals surface area (Å²) in [7, 11) is 1.68. The fourth-order valence-electron chi connectivity index (χ4n) is 1.98. The summed E-state index contributed by atoms with van der Waals surface area (Å²) in [5, 5.41) is 2.63. The van der Waals surface area contributed by atoms with Gasteiger partial charge in [0.2, 0.25) is 5.91 Å². The molecular formula is C12H13F3N2O. The highest BCUT2D eigenvalue weighted by Gasteiger charge is 2.32. The van der Waals surface area contributed by atoms with Crippen LogP contribution in [0.25, 0.3) is 0 Å². The SMILES string of the molecule is CC1CN(C)c2cc(C(F)(F)F)ccc2NC1=O. The Kier molecular flexibility index (Phi) is 2.96. The summed E-state index contributed by atoms with van der Waals surface area (Å²) in [5.41, 5.74) is 0.0966. The third kappa shape index (κ3) is 2.27. The Labute approximate surface area is 103 Å². The van der Waals surface area contributed by atoms with Crippen molar-refractivity contribution in [2.24, 2.45) is 5.92 Å². The minimum absolute atomic E-state index is 0.180. The molecule has 1 aliphatic rings. The second-order valence-electron chi connectivity index (χ2n) is 4.50. The van der Waals surface area contributed by atoms with Crippen LogP contribution in [-0.4, -0.2) is 19.5 Å². The third-order valence-corrected chi connectivity index (χ3v) is 2.99. The lowest BCUT2D eigenvalue weighted by Crippen LogP contribution is -2.27. The molecule has 1 unspecified atom stereocenters. The Morgan fingerprint density at radius 1 is 1.39 bits per heavy atom. The van der Waals surface area contributed by atoms with Gasteiger partial charge >= 0.3 is 6.18 Å². The van der Waals surface area contributed by atoms with E-state index in [0.717, 1.165) is 12.1 Å². The topological polar surface area (TPSA) is 32.3 Å². The molecule has 3 nitrogen and oxygen atoms in total. The Morgan fingerprint density at radius 2 is 2.06 bits per heavy atom. The average Bonchev–Trinajstić information content (AvgIpc) is 2.36. The van der Waals surface area contributed by atoms with Gasteiger partial charge in [0.15, 0.2) is 0 Å². The van der Waals surface area contributed by atoms with Crippen LogP contribution in [0, 0.1) is 5.92 Å². The Balaban J connectivity index is 2.47. The van der Waals surface area contributed by atoms with Gasteiger partial charge in [-0.05, 0) is 18.2 Å². The maximum atomic E-state index is 12.6. The van der Waals surface area contributed by atoms with Crippen molar-refractivity contribution < 1.29 is 18.0 Å². The Morgan fingerprint density at radius 3 is 2.67 bits per heavy atom. The minimum Gasteiger partial charge on any atom is -0.372 e. The highest BCUT2D eigenvalue weighted by atomic mass is 19.4. The fourth-order valence-corrected chi connectivity index (χ4v) is 1.98. The lowest BCUT2D eigenvalue weighted by atomic mass is 10.1. The zero-order valence-electron chi connectivity index (χ0n) is 10.0. The third-order valence-electron chi connectivity index (χ3n) is 2.99. The number of halogens is 3. The molecule has 0 aromatic heterocycles. The number of anilines is 2. The monoisotopic (exact) mass is 258 g/mol. The second-order valence-corrected chi connectivity index (χ2v) is 4.50. The smallest absolute Gasteiger partial charge is 0.372 e. The van der Waals surface area contributed by atoms with Gasteiger partial charge in [0.05, 0.1) is 22.9 Å². The van der Waals surface area contributed by atoms with E-state index < -0.39 is 11.7 Å². The first-order valence-corrected chi connectivity index (χ1v) is 5.52. The highest BCUT2D eigenvalue weighted by Crippen LogP contribution is 2.36. The fraction of sp³-hybridized carbons (Fsp3) is 0.417. The molecule has 18 heavy (non-hydrogen) atoms. The van der Waals surface area contributed by atoms with Crippen LogP contribution in [0.3, 0.4) is 0 Å². The van der Waals surface area contributed by atoms with Crippen LogP contribution >= 0.6 is 0 Å². The van der Waals surface area contributed by atoms with Gasteiger partial charge in [0.1, 0.15) is 0 Å². The number of carbonyl (C=O) groups excluding carboxylic acids is 1.